The van der Waals surface area contributed by atoms with Gasteiger partial charge in [-0.15, -0.1) is 0 Å². The summed E-state index contributed by atoms with van der Waals surface area (Å²) < 4.78 is 21.9. The molecule has 0 radical (unpaired) electrons. The van der Waals surface area contributed by atoms with Crippen LogP contribution in [0.25, 0.3) is 12.2 Å². The quantitative estimate of drug-likeness (QED) is 0.614. The summed E-state index contributed by atoms with van der Waals surface area (Å²) in [5.74, 6) is 0. The number of hydrogen-bond acceptors (Lipinski definition) is 3. The van der Waals surface area contributed by atoms with Gasteiger partial charge in [-0.2, -0.15) is 0 Å². The van der Waals surface area contributed by atoms with Gasteiger partial charge in [0.15, 0.2) is 0 Å². The van der Waals surface area contributed by atoms with Crippen LogP contribution in [0.5, 0.6) is 0 Å². The Morgan fingerprint density at radius 2 is 1.16 bits per heavy atom. The van der Waals surface area contributed by atoms with Crippen LogP contribution in [0.2, 0.25) is 0 Å². The van der Waals surface area contributed by atoms with Gasteiger partial charge < -0.3 is 4.89 Å². The zero-order valence-corrected chi connectivity index (χ0v) is 15.0. The highest BCUT2D eigenvalue weighted by Gasteiger charge is 2.20. The molecule has 0 heterocycles. The predicted molar refractivity (Wildman–Crippen MR) is 102 cm³/mol. The third kappa shape index (κ3) is 6.81. The van der Waals surface area contributed by atoms with Crippen molar-refractivity contribution in [2.45, 2.75) is 12.8 Å². The third-order valence-electron chi connectivity index (χ3n) is 3.72. The van der Waals surface area contributed by atoms with Crippen molar-refractivity contribution < 1.29 is 18.5 Å². The van der Waals surface area contributed by atoms with E-state index < -0.39 is 7.82 Å². The van der Waals surface area contributed by atoms with E-state index in [1.54, 1.807) is 12.2 Å². The van der Waals surface area contributed by atoms with Crippen molar-refractivity contribution in [3.05, 3.63) is 83.9 Å². The topological polar surface area (TPSA) is 55.8 Å². The molecule has 0 aliphatic rings. The summed E-state index contributed by atoms with van der Waals surface area (Å²) in [5, 5.41) is 0. The second-order valence-electron chi connectivity index (χ2n) is 5.53. The summed E-state index contributed by atoms with van der Waals surface area (Å²) in [4.78, 5) is 9.72. The third-order valence-corrected chi connectivity index (χ3v) is 4.74. The summed E-state index contributed by atoms with van der Waals surface area (Å²) in [6.45, 7) is 7.64. The second-order valence-corrected chi connectivity index (χ2v) is 6.98. The van der Waals surface area contributed by atoms with Crippen molar-refractivity contribution in [2.75, 3.05) is 13.2 Å². The Morgan fingerprint density at radius 1 is 0.800 bits per heavy atom. The minimum Gasteiger partial charge on any atom is -0.302 e. The van der Waals surface area contributed by atoms with E-state index in [0.29, 0.717) is 12.8 Å². The highest BCUT2D eigenvalue weighted by molar-refractivity contribution is 7.47. The maximum Gasteiger partial charge on any atom is 0.472 e. The molecule has 0 fully saturated rings. The van der Waals surface area contributed by atoms with Crippen LogP contribution in [0.15, 0.2) is 61.7 Å². The molecule has 4 nitrogen and oxygen atoms in total. The number of benzene rings is 2. The fourth-order valence-corrected chi connectivity index (χ4v) is 2.95. The van der Waals surface area contributed by atoms with E-state index in [1.165, 1.54) is 0 Å². The van der Waals surface area contributed by atoms with Crippen LogP contribution in [0.4, 0.5) is 0 Å². The molecule has 2 aromatic rings. The fourth-order valence-electron chi connectivity index (χ4n) is 2.24. The van der Waals surface area contributed by atoms with Gasteiger partial charge in [-0.1, -0.05) is 73.8 Å². The molecule has 0 atom stereocenters. The van der Waals surface area contributed by atoms with Gasteiger partial charge >= 0.3 is 7.82 Å². The average Bonchev–Trinajstić information content (AvgIpc) is 2.62. The van der Waals surface area contributed by atoms with E-state index in [2.05, 4.69) is 13.2 Å². The lowest BCUT2D eigenvalue weighted by molar-refractivity contribution is 0.152. The summed E-state index contributed by atoms with van der Waals surface area (Å²) in [6.07, 6.45) is 4.60. The molecule has 2 rings (SSSR count). The van der Waals surface area contributed by atoms with Crippen molar-refractivity contribution in [1.29, 1.82) is 0 Å². The SMILES string of the molecule is C=Cc1ccc(CCOP(=O)(O)OCCc2ccc(C=C)cc2)cc1. The Balaban J connectivity index is 1.71. The monoisotopic (exact) mass is 358 g/mol. The predicted octanol–water partition coefficient (Wildman–Crippen LogP) is 4.89. The molecular weight excluding hydrogens is 335 g/mol. The zero-order chi connectivity index (χ0) is 18.1. The normalized spacial score (nSPS) is 11.2. The van der Waals surface area contributed by atoms with Crippen molar-refractivity contribution >= 4 is 20.0 Å². The van der Waals surface area contributed by atoms with Gasteiger partial charge in [-0.05, 0) is 35.1 Å². The first kappa shape index (κ1) is 19.4. The first-order valence-electron chi connectivity index (χ1n) is 8.07. The zero-order valence-electron chi connectivity index (χ0n) is 14.1. The minimum atomic E-state index is -4.03. The van der Waals surface area contributed by atoms with E-state index in [0.717, 1.165) is 22.3 Å². The molecule has 0 aromatic heterocycles. The van der Waals surface area contributed by atoms with Crippen LogP contribution >= 0.6 is 7.82 Å². The van der Waals surface area contributed by atoms with Crippen molar-refractivity contribution in [3.8, 4) is 0 Å². The first-order valence-corrected chi connectivity index (χ1v) is 9.56. The van der Waals surface area contributed by atoms with Gasteiger partial charge in [0.05, 0.1) is 13.2 Å². The lowest BCUT2D eigenvalue weighted by Crippen LogP contribution is -2.02. The largest absolute Gasteiger partial charge is 0.472 e. The molecule has 0 spiro atoms. The lowest BCUT2D eigenvalue weighted by atomic mass is 10.1. The molecule has 0 saturated heterocycles. The highest BCUT2D eigenvalue weighted by atomic mass is 31.2. The molecule has 0 aliphatic heterocycles. The van der Waals surface area contributed by atoms with Crippen LogP contribution in [0.1, 0.15) is 22.3 Å². The van der Waals surface area contributed by atoms with Gasteiger partial charge in [0.1, 0.15) is 0 Å². The maximum absolute atomic E-state index is 11.9. The molecule has 1 N–H and O–H groups in total. The van der Waals surface area contributed by atoms with Gasteiger partial charge in [0, 0.05) is 0 Å². The summed E-state index contributed by atoms with van der Waals surface area (Å²) in [6, 6.07) is 15.5. The molecule has 0 unspecified atom stereocenters. The van der Waals surface area contributed by atoms with E-state index in [-0.39, 0.29) is 13.2 Å². The van der Waals surface area contributed by atoms with Crippen LogP contribution < -0.4 is 0 Å². The Hall–Kier alpha value is -1.97. The summed E-state index contributed by atoms with van der Waals surface area (Å²) >= 11 is 0. The molecule has 0 bridgehead atoms. The summed E-state index contributed by atoms with van der Waals surface area (Å²) in [7, 11) is -4.03. The highest BCUT2D eigenvalue weighted by Crippen LogP contribution is 2.43. The molecule has 2 aromatic carbocycles. The number of hydrogen-bond donors (Lipinski definition) is 1. The maximum atomic E-state index is 11.9. The van der Waals surface area contributed by atoms with Crippen molar-refractivity contribution in [1.82, 2.24) is 0 Å². The molecule has 132 valence electrons. The Labute approximate surface area is 149 Å². The smallest absolute Gasteiger partial charge is 0.302 e. The van der Waals surface area contributed by atoms with E-state index in [9.17, 15) is 9.46 Å². The minimum absolute atomic E-state index is 0.120. The Morgan fingerprint density at radius 3 is 1.48 bits per heavy atom. The van der Waals surface area contributed by atoms with Crippen molar-refractivity contribution in [3.63, 3.8) is 0 Å². The molecule has 0 amide bonds. The molecule has 0 saturated carbocycles. The Bertz CT molecular complexity index is 674. The van der Waals surface area contributed by atoms with Crippen molar-refractivity contribution in [2.24, 2.45) is 0 Å². The average molecular weight is 358 g/mol. The number of phosphoric acid groups is 1. The first-order chi connectivity index (χ1) is 12.0. The van der Waals surface area contributed by atoms with E-state index in [4.69, 9.17) is 9.05 Å². The lowest BCUT2D eigenvalue weighted by Gasteiger charge is -2.12. The molecule has 5 heteroatoms. The van der Waals surface area contributed by atoms with Gasteiger partial charge in [0.25, 0.3) is 0 Å². The Kier molecular flexibility index (Phi) is 7.35. The molecule has 25 heavy (non-hydrogen) atoms. The van der Waals surface area contributed by atoms with Crippen LogP contribution in [0, 0.1) is 0 Å². The van der Waals surface area contributed by atoms with E-state index >= 15 is 0 Å². The second kappa shape index (κ2) is 9.50. The standard InChI is InChI=1S/C20H23O4P/c1-3-17-5-9-19(10-6-17)13-15-23-25(21,22)24-16-14-20-11-7-18(4-2)8-12-20/h3-12H,1-2,13-16H2,(H,21,22). The molecular formula is C20H23O4P. The van der Waals surface area contributed by atoms with Gasteiger partial charge in [-0.25, -0.2) is 4.57 Å². The van der Waals surface area contributed by atoms with E-state index in [1.807, 2.05) is 48.5 Å². The molecule has 0 aliphatic carbocycles. The number of phosphoric ester groups is 1. The van der Waals surface area contributed by atoms with Crippen LogP contribution in [-0.4, -0.2) is 18.1 Å². The van der Waals surface area contributed by atoms with Gasteiger partial charge in [0.2, 0.25) is 0 Å². The number of rotatable bonds is 10. The van der Waals surface area contributed by atoms with Gasteiger partial charge in [-0.3, -0.25) is 9.05 Å². The van der Waals surface area contributed by atoms with Crippen LogP contribution in [-0.2, 0) is 26.5 Å². The fraction of sp³-hybridized carbons (Fsp3) is 0.200. The summed E-state index contributed by atoms with van der Waals surface area (Å²) in [5.41, 5.74) is 4.10. The van der Waals surface area contributed by atoms with Crippen LogP contribution in [0.3, 0.4) is 0 Å².